The molecule has 0 bridgehead atoms. The third-order valence-corrected chi connectivity index (χ3v) is 6.00. The monoisotopic (exact) mass is 242 g/mol. The van der Waals surface area contributed by atoms with Gasteiger partial charge in [0.15, 0.2) is 0 Å². The second-order valence-corrected chi connectivity index (χ2v) is 15.6. The standard InChI is InChI=1S/C2H6Cl4OSi2/c1-8(3,4)7-9(2,5)6/h1-2H3. The van der Waals surface area contributed by atoms with Crippen molar-refractivity contribution in [3.05, 3.63) is 0 Å². The summed E-state index contributed by atoms with van der Waals surface area (Å²) in [4.78, 5) is 0. The van der Waals surface area contributed by atoms with Gasteiger partial charge in [0.2, 0.25) is 0 Å². The van der Waals surface area contributed by atoms with Gasteiger partial charge in [0, 0.05) is 0 Å². The molecule has 0 saturated carbocycles. The highest BCUT2D eigenvalue weighted by Gasteiger charge is 2.35. The van der Waals surface area contributed by atoms with Gasteiger partial charge in [0.05, 0.1) is 0 Å². The van der Waals surface area contributed by atoms with Crippen molar-refractivity contribution < 1.29 is 4.12 Å². The van der Waals surface area contributed by atoms with Gasteiger partial charge >= 0.3 is 13.9 Å². The summed E-state index contributed by atoms with van der Waals surface area (Å²) in [5.74, 6) is 0. The molecule has 7 heteroatoms. The van der Waals surface area contributed by atoms with Gasteiger partial charge in [-0.2, -0.15) is 0 Å². The maximum atomic E-state index is 5.57. The molecule has 0 aromatic rings. The first-order chi connectivity index (χ1) is 3.71. The molecule has 0 aliphatic carbocycles. The smallest absolute Gasteiger partial charge is 0.377 e. The summed E-state index contributed by atoms with van der Waals surface area (Å²) in [7, 11) is 0. The summed E-state index contributed by atoms with van der Waals surface area (Å²) in [6, 6.07) is 0. The van der Waals surface area contributed by atoms with E-state index >= 15 is 0 Å². The molecule has 0 heterocycles. The molecule has 0 radical (unpaired) electrons. The predicted molar refractivity (Wildman–Crippen MR) is 47.7 cm³/mol. The summed E-state index contributed by atoms with van der Waals surface area (Å²) in [6.45, 7) is -1.89. The van der Waals surface area contributed by atoms with E-state index in [0.29, 0.717) is 0 Å². The van der Waals surface area contributed by atoms with Crippen LogP contribution in [0.4, 0.5) is 0 Å². The Labute approximate surface area is 75.3 Å². The normalized spacial score (nSPS) is 14.0. The SMILES string of the molecule is C[Si](Cl)(Cl)O[Si](C)(Cl)Cl. The Morgan fingerprint density at radius 2 is 1.11 bits per heavy atom. The van der Waals surface area contributed by atoms with Crippen LogP contribution < -0.4 is 0 Å². The van der Waals surface area contributed by atoms with E-state index in [1.54, 1.807) is 13.1 Å². The molecular formula is C2H6Cl4OSi2. The van der Waals surface area contributed by atoms with E-state index < -0.39 is 13.9 Å². The van der Waals surface area contributed by atoms with Crippen LogP contribution in [0.3, 0.4) is 0 Å². The fourth-order valence-electron chi connectivity index (χ4n) is 0.315. The Hall–Kier alpha value is 1.55. The van der Waals surface area contributed by atoms with Crippen LogP contribution in [0.25, 0.3) is 0 Å². The largest absolute Gasteiger partial charge is 0.411 e. The minimum Gasteiger partial charge on any atom is -0.411 e. The number of hydrogen-bond acceptors (Lipinski definition) is 1. The third-order valence-electron chi connectivity index (χ3n) is 0.358. The van der Waals surface area contributed by atoms with Crippen LogP contribution in [0.2, 0.25) is 13.1 Å². The van der Waals surface area contributed by atoms with Crippen molar-refractivity contribution in [1.82, 2.24) is 0 Å². The highest BCUT2D eigenvalue weighted by atomic mass is 35.7. The lowest BCUT2D eigenvalue weighted by Gasteiger charge is -2.18. The lowest BCUT2D eigenvalue weighted by molar-refractivity contribution is 0.618. The number of hydrogen-bond donors (Lipinski definition) is 0. The summed E-state index contributed by atoms with van der Waals surface area (Å²) in [5, 5.41) is 0. The van der Waals surface area contributed by atoms with Gasteiger partial charge in [-0.05, 0) is 13.1 Å². The van der Waals surface area contributed by atoms with E-state index in [-0.39, 0.29) is 0 Å². The molecule has 0 spiro atoms. The second-order valence-electron chi connectivity index (χ2n) is 1.72. The van der Waals surface area contributed by atoms with Gasteiger partial charge in [-0.3, -0.25) is 0 Å². The van der Waals surface area contributed by atoms with Crippen molar-refractivity contribution in [3.8, 4) is 0 Å². The fourth-order valence-corrected chi connectivity index (χ4v) is 9.81. The predicted octanol–water partition coefficient (Wildman–Crippen LogP) is 3.10. The summed E-state index contributed by atoms with van der Waals surface area (Å²) >= 11 is 22.3. The van der Waals surface area contributed by atoms with Gasteiger partial charge in [0.1, 0.15) is 0 Å². The first-order valence-corrected chi connectivity index (χ1v) is 11.0. The highest BCUT2D eigenvalue weighted by molar-refractivity contribution is 7.50. The number of rotatable bonds is 2. The molecule has 0 rings (SSSR count). The van der Waals surface area contributed by atoms with Crippen LogP contribution in [-0.2, 0) is 4.12 Å². The Balaban J connectivity index is 3.75. The summed E-state index contributed by atoms with van der Waals surface area (Å²) < 4.78 is 4.96. The third kappa shape index (κ3) is 9.55. The molecule has 0 N–H and O–H groups in total. The first kappa shape index (κ1) is 10.6. The van der Waals surface area contributed by atoms with Crippen LogP contribution in [0.1, 0.15) is 0 Å². The van der Waals surface area contributed by atoms with Gasteiger partial charge in [0.25, 0.3) is 0 Å². The molecule has 0 aromatic heterocycles. The maximum Gasteiger partial charge on any atom is 0.377 e. The van der Waals surface area contributed by atoms with Crippen molar-refractivity contribution >= 4 is 58.2 Å². The quantitative estimate of drug-likeness (QED) is 0.535. The molecule has 0 unspecified atom stereocenters. The Kier molecular flexibility index (Phi) is 3.87. The van der Waals surface area contributed by atoms with E-state index in [2.05, 4.69) is 0 Å². The molecule has 0 saturated heterocycles. The van der Waals surface area contributed by atoms with E-state index in [1.807, 2.05) is 0 Å². The van der Waals surface area contributed by atoms with E-state index in [0.717, 1.165) is 0 Å². The van der Waals surface area contributed by atoms with Gasteiger partial charge in [-0.25, -0.2) is 0 Å². The van der Waals surface area contributed by atoms with Gasteiger partial charge < -0.3 is 4.12 Å². The van der Waals surface area contributed by atoms with Crippen molar-refractivity contribution in [1.29, 1.82) is 0 Å². The van der Waals surface area contributed by atoms with Crippen LogP contribution in [-0.4, -0.2) is 13.9 Å². The van der Waals surface area contributed by atoms with E-state index in [1.165, 1.54) is 0 Å². The lowest BCUT2D eigenvalue weighted by atomic mass is 11.9. The molecular weight excluding hydrogens is 238 g/mol. The lowest BCUT2D eigenvalue weighted by Crippen LogP contribution is -2.32. The molecule has 0 aliphatic rings. The van der Waals surface area contributed by atoms with Crippen molar-refractivity contribution in [2.24, 2.45) is 0 Å². The average molecular weight is 244 g/mol. The Bertz CT molecular complexity index is 81.7. The average Bonchev–Trinajstić information content (AvgIpc) is 1.14. The van der Waals surface area contributed by atoms with Crippen molar-refractivity contribution in [3.63, 3.8) is 0 Å². The van der Waals surface area contributed by atoms with E-state index in [9.17, 15) is 0 Å². The molecule has 0 atom stereocenters. The Morgan fingerprint density at radius 1 is 0.889 bits per heavy atom. The van der Waals surface area contributed by atoms with Crippen molar-refractivity contribution in [2.75, 3.05) is 0 Å². The first-order valence-electron chi connectivity index (χ1n) is 2.16. The van der Waals surface area contributed by atoms with Gasteiger partial charge in [-0.15, -0.1) is 44.3 Å². The zero-order valence-corrected chi connectivity index (χ0v) is 9.94. The van der Waals surface area contributed by atoms with Crippen LogP contribution in [0.5, 0.6) is 0 Å². The molecule has 0 fully saturated rings. The second kappa shape index (κ2) is 3.30. The minimum atomic E-state index is -2.55. The minimum absolute atomic E-state index is 1.60. The van der Waals surface area contributed by atoms with Crippen LogP contribution in [0, 0.1) is 0 Å². The molecule has 0 aliphatic heterocycles. The zero-order valence-electron chi connectivity index (χ0n) is 4.92. The molecule has 0 amide bonds. The summed E-state index contributed by atoms with van der Waals surface area (Å²) in [6.07, 6.45) is 0. The number of halogens is 4. The molecule has 0 aromatic carbocycles. The topological polar surface area (TPSA) is 9.23 Å². The molecule has 56 valence electrons. The summed E-state index contributed by atoms with van der Waals surface area (Å²) in [5.41, 5.74) is 0. The van der Waals surface area contributed by atoms with Crippen LogP contribution in [0.15, 0.2) is 0 Å². The molecule has 9 heavy (non-hydrogen) atoms. The highest BCUT2D eigenvalue weighted by Crippen LogP contribution is 2.26. The zero-order chi connectivity index (χ0) is 7.71. The fraction of sp³-hybridized carbons (Fsp3) is 1.00. The molecule has 1 nitrogen and oxygen atoms in total. The van der Waals surface area contributed by atoms with Crippen LogP contribution >= 0.6 is 44.3 Å². The van der Waals surface area contributed by atoms with Crippen molar-refractivity contribution in [2.45, 2.75) is 13.1 Å². The Morgan fingerprint density at radius 3 is 1.11 bits per heavy atom. The maximum absolute atomic E-state index is 5.57. The van der Waals surface area contributed by atoms with E-state index in [4.69, 9.17) is 48.4 Å². The van der Waals surface area contributed by atoms with Gasteiger partial charge in [-0.1, -0.05) is 0 Å².